The molecule has 16 heavy (non-hydrogen) atoms. The first kappa shape index (κ1) is 11.9. The molecule has 0 aromatic rings. The molecule has 1 saturated heterocycles. The van der Waals surface area contributed by atoms with Crippen LogP contribution < -0.4 is 5.32 Å². The summed E-state index contributed by atoms with van der Waals surface area (Å²) in [4.78, 5) is 13.9. The predicted molar refractivity (Wildman–Crippen MR) is 62.1 cm³/mol. The highest BCUT2D eigenvalue weighted by Gasteiger charge is 2.26. The Bertz CT molecular complexity index is 239. The summed E-state index contributed by atoms with van der Waals surface area (Å²) in [6.45, 7) is 1.59. The number of aliphatic hydroxyl groups is 1. The number of rotatable bonds is 4. The van der Waals surface area contributed by atoms with E-state index in [2.05, 4.69) is 10.2 Å². The van der Waals surface area contributed by atoms with Gasteiger partial charge >= 0.3 is 0 Å². The van der Waals surface area contributed by atoms with Gasteiger partial charge in [0, 0.05) is 12.1 Å². The standard InChI is InChI=1S/C12H22N2O2/c15-9-11-6-3-7-14(11)8-12(16)13-10-4-1-2-5-10/h10-11,15H,1-9H2,(H,13,16). The van der Waals surface area contributed by atoms with Crippen molar-refractivity contribution in [1.29, 1.82) is 0 Å². The minimum atomic E-state index is 0.132. The van der Waals surface area contributed by atoms with Crippen LogP contribution in [0.15, 0.2) is 0 Å². The number of hydrogen-bond acceptors (Lipinski definition) is 3. The minimum Gasteiger partial charge on any atom is -0.395 e. The molecule has 0 radical (unpaired) electrons. The number of carbonyl (C=O) groups excluding carboxylic acids is 1. The van der Waals surface area contributed by atoms with Crippen LogP contribution in [0.3, 0.4) is 0 Å². The Labute approximate surface area is 97.0 Å². The fourth-order valence-electron chi connectivity index (χ4n) is 2.84. The first-order chi connectivity index (χ1) is 7.79. The summed E-state index contributed by atoms with van der Waals surface area (Å²) < 4.78 is 0. The number of nitrogens with zero attached hydrogens (tertiary/aromatic N) is 1. The van der Waals surface area contributed by atoms with Crippen molar-refractivity contribution in [2.24, 2.45) is 0 Å². The molecule has 0 aromatic heterocycles. The molecule has 2 N–H and O–H groups in total. The van der Waals surface area contributed by atoms with Gasteiger partial charge in [-0.2, -0.15) is 0 Å². The second kappa shape index (κ2) is 5.64. The molecule has 1 atom stereocenters. The van der Waals surface area contributed by atoms with Gasteiger partial charge in [-0.25, -0.2) is 0 Å². The highest BCUT2D eigenvalue weighted by molar-refractivity contribution is 5.78. The lowest BCUT2D eigenvalue weighted by molar-refractivity contribution is -0.123. The summed E-state index contributed by atoms with van der Waals surface area (Å²) in [7, 11) is 0. The van der Waals surface area contributed by atoms with Gasteiger partial charge in [-0.15, -0.1) is 0 Å². The van der Waals surface area contributed by atoms with Crippen molar-refractivity contribution in [1.82, 2.24) is 10.2 Å². The highest BCUT2D eigenvalue weighted by Crippen LogP contribution is 2.18. The van der Waals surface area contributed by atoms with Crippen molar-refractivity contribution in [3.63, 3.8) is 0 Å². The fraction of sp³-hybridized carbons (Fsp3) is 0.917. The van der Waals surface area contributed by atoms with Gasteiger partial charge in [-0.05, 0) is 32.2 Å². The summed E-state index contributed by atoms with van der Waals surface area (Å²) in [5.74, 6) is 0.132. The van der Waals surface area contributed by atoms with Gasteiger partial charge in [0.15, 0.2) is 0 Å². The molecule has 1 unspecified atom stereocenters. The monoisotopic (exact) mass is 226 g/mol. The van der Waals surface area contributed by atoms with Crippen LogP contribution >= 0.6 is 0 Å². The van der Waals surface area contributed by atoms with Crippen LogP contribution in [0.25, 0.3) is 0 Å². The van der Waals surface area contributed by atoms with E-state index in [0.29, 0.717) is 12.6 Å². The predicted octanol–water partition coefficient (Wildman–Crippen LogP) is 0.502. The third-order valence-electron chi connectivity index (χ3n) is 3.78. The Morgan fingerprint density at radius 1 is 1.25 bits per heavy atom. The molecule has 1 heterocycles. The Hall–Kier alpha value is -0.610. The van der Waals surface area contributed by atoms with Crippen molar-refractivity contribution in [3.05, 3.63) is 0 Å². The van der Waals surface area contributed by atoms with Crippen molar-refractivity contribution in [2.75, 3.05) is 19.7 Å². The molecule has 4 nitrogen and oxygen atoms in total. The maximum absolute atomic E-state index is 11.8. The molecule has 0 bridgehead atoms. The first-order valence-electron chi connectivity index (χ1n) is 6.44. The number of nitrogens with one attached hydrogen (secondary N) is 1. The van der Waals surface area contributed by atoms with Crippen LogP contribution in [0, 0.1) is 0 Å². The zero-order chi connectivity index (χ0) is 11.4. The van der Waals surface area contributed by atoms with E-state index < -0.39 is 0 Å². The zero-order valence-corrected chi connectivity index (χ0v) is 9.82. The van der Waals surface area contributed by atoms with Crippen LogP contribution in [0.5, 0.6) is 0 Å². The number of hydrogen-bond donors (Lipinski definition) is 2. The largest absolute Gasteiger partial charge is 0.395 e. The van der Waals surface area contributed by atoms with Gasteiger partial charge in [-0.1, -0.05) is 12.8 Å². The highest BCUT2D eigenvalue weighted by atomic mass is 16.3. The molecule has 92 valence electrons. The molecule has 1 aliphatic heterocycles. The Balaban J connectivity index is 1.73. The lowest BCUT2D eigenvalue weighted by Crippen LogP contribution is -2.43. The third kappa shape index (κ3) is 2.95. The fourth-order valence-corrected chi connectivity index (χ4v) is 2.84. The second-order valence-electron chi connectivity index (χ2n) is 5.00. The van der Waals surface area contributed by atoms with Gasteiger partial charge in [-0.3, -0.25) is 9.69 Å². The summed E-state index contributed by atoms with van der Waals surface area (Å²) in [6.07, 6.45) is 6.88. The van der Waals surface area contributed by atoms with E-state index in [9.17, 15) is 4.79 Å². The van der Waals surface area contributed by atoms with E-state index >= 15 is 0 Å². The summed E-state index contributed by atoms with van der Waals surface area (Å²) in [5.41, 5.74) is 0. The number of likely N-dealkylation sites (tertiary alicyclic amines) is 1. The van der Waals surface area contributed by atoms with Crippen LogP contribution in [0.4, 0.5) is 0 Å². The van der Waals surface area contributed by atoms with Gasteiger partial charge in [0.2, 0.25) is 5.91 Å². The normalized spacial score (nSPS) is 27.4. The summed E-state index contributed by atoms with van der Waals surface area (Å²) >= 11 is 0. The second-order valence-corrected chi connectivity index (χ2v) is 5.00. The van der Waals surface area contributed by atoms with E-state index in [4.69, 9.17) is 5.11 Å². The number of aliphatic hydroxyl groups excluding tert-OH is 1. The van der Waals surface area contributed by atoms with Crippen LogP contribution in [-0.2, 0) is 4.79 Å². The van der Waals surface area contributed by atoms with Crippen molar-refractivity contribution in [2.45, 2.75) is 50.6 Å². The lowest BCUT2D eigenvalue weighted by Gasteiger charge is -2.23. The molecule has 0 aromatic carbocycles. The smallest absolute Gasteiger partial charge is 0.234 e. The maximum atomic E-state index is 11.8. The van der Waals surface area contributed by atoms with E-state index in [1.54, 1.807) is 0 Å². The number of carbonyl (C=O) groups is 1. The lowest BCUT2D eigenvalue weighted by atomic mass is 10.2. The third-order valence-corrected chi connectivity index (χ3v) is 3.78. The van der Waals surface area contributed by atoms with Crippen molar-refractivity contribution < 1.29 is 9.90 Å². The van der Waals surface area contributed by atoms with Crippen LogP contribution in [0.1, 0.15) is 38.5 Å². The Morgan fingerprint density at radius 3 is 2.69 bits per heavy atom. The topological polar surface area (TPSA) is 52.6 Å². The van der Waals surface area contributed by atoms with Crippen LogP contribution in [-0.4, -0.2) is 47.7 Å². The van der Waals surface area contributed by atoms with E-state index in [1.165, 1.54) is 12.8 Å². The zero-order valence-electron chi connectivity index (χ0n) is 9.82. The Kier molecular flexibility index (Phi) is 4.18. The molecule has 1 saturated carbocycles. The van der Waals surface area contributed by atoms with E-state index in [1.807, 2.05) is 0 Å². The maximum Gasteiger partial charge on any atom is 0.234 e. The van der Waals surface area contributed by atoms with Crippen molar-refractivity contribution in [3.8, 4) is 0 Å². The SMILES string of the molecule is O=C(CN1CCCC1CO)NC1CCCC1. The summed E-state index contributed by atoms with van der Waals surface area (Å²) in [6, 6.07) is 0.608. The molecular formula is C12H22N2O2. The molecule has 1 aliphatic carbocycles. The summed E-state index contributed by atoms with van der Waals surface area (Å²) in [5, 5.41) is 12.2. The molecule has 1 amide bonds. The van der Waals surface area contributed by atoms with E-state index in [0.717, 1.165) is 32.2 Å². The van der Waals surface area contributed by atoms with E-state index in [-0.39, 0.29) is 18.6 Å². The molecule has 0 spiro atoms. The number of amides is 1. The van der Waals surface area contributed by atoms with Gasteiger partial charge in [0.05, 0.1) is 13.2 Å². The van der Waals surface area contributed by atoms with Gasteiger partial charge < -0.3 is 10.4 Å². The van der Waals surface area contributed by atoms with Gasteiger partial charge in [0.1, 0.15) is 0 Å². The molecule has 2 rings (SSSR count). The average molecular weight is 226 g/mol. The quantitative estimate of drug-likeness (QED) is 0.734. The molecular weight excluding hydrogens is 204 g/mol. The van der Waals surface area contributed by atoms with Crippen molar-refractivity contribution >= 4 is 5.91 Å². The first-order valence-corrected chi connectivity index (χ1v) is 6.44. The minimum absolute atomic E-state index is 0.132. The molecule has 4 heteroatoms. The average Bonchev–Trinajstić information content (AvgIpc) is 2.88. The molecule has 2 aliphatic rings. The van der Waals surface area contributed by atoms with Gasteiger partial charge in [0.25, 0.3) is 0 Å². The van der Waals surface area contributed by atoms with Crippen LogP contribution in [0.2, 0.25) is 0 Å². The Morgan fingerprint density at radius 2 is 2.00 bits per heavy atom. The molecule has 2 fully saturated rings.